The van der Waals surface area contributed by atoms with E-state index in [0.29, 0.717) is 13.2 Å². The van der Waals surface area contributed by atoms with Crippen LogP contribution < -0.4 is 10.6 Å². The van der Waals surface area contributed by atoms with E-state index in [1.165, 1.54) is 0 Å². The molecule has 0 radical (unpaired) electrons. The molecule has 1 spiro atoms. The van der Waals surface area contributed by atoms with Crippen LogP contribution >= 0.6 is 0 Å². The third-order valence-electron chi connectivity index (χ3n) is 3.68. The highest BCUT2D eigenvalue weighted by atomic mass is 16.6. The number of carbonyl (C=O) groups excluding carboxylic acids is 1. The Labute approximate surface area is 100 Å². The minimum absolute atomic E-state index is 0.0303. The highest BCUT2D eigenvalue weighted by Crippen LogP contribution is 2.49. The van der Waals surface area contributed by atoms with Crippen molar-refractivity contribution in [2.24, 2.45) is 5.73 Å². The largest absolute Gasteiger partial charge is 0.449 e. The average molecular weight is 232 g/mol. The molecule has 4 heteroatoms. The monoisotopic (exact) mass is 232 g/mol. The lowest BCUT2D eigenvalue weighted by Crippen LogP contribution is -2.47. The van der Waals surface area contributed by atoms with Gasteiger partial charge in [0, 0.05) is 18.7 Å². The molecule has 2 N–H and O–H groups in total. The molecule has 3 rings (SSSR count). The van der Waals surface area contributed by atoms with Crippen molar-refractivity contribution < 1.29 is 9.53 Å². The summed E-state index contributed by atoms with van der Waals surface area (Å²) in [6.45, 7) is 1.04. The fraction of sp³-hybridized carbons (Fsp3) is 0.462. The number of rotatable bonds is 2. The zero-order valence-electron chi connectivity index (χ0n) is 9.69. The van der Waals surface area contributed by atoms with Crippen LogP contribution in [0, 0.1) is 0 Å². The predicted octanol–water partition coefficient (Wildman–Crippen LogP) is 2.02. The summed E-state index contributed by atoms with van der Waals surface area (Å²) in [5, 5.41) is 0. The lowest BCUT2D eigenvalue weighted by molar-refractivity contribution is 0.126. The van der Waals surface area contributed by atoms with Crippen LogP contribution in [0.3, 0.4) is 0 Å². The zero-order chi connectivity index (χ0) is 11.9. The third kappa shape index (κ3) is 1.69. The maximum absolute atomic E-state index is 11.9. The highest BCUT2D eigenvalue weighted by molar-refractivity contribution is 5.91. The smallest absolute Gasteiger partial charge is 0.414 e. The summed E-state index contributed by atoms with van der Waals surface area (Å²) in [5.41, 5.74) is 7.61. The first-order valence-electron chi connectivity index (χ1n) is 6.01. The fourth-order valence-corrected chi connectivity index (χ4v) is 2.52. The van der Waals surface area contributed by atoms with Crippen LogP contribution in [0.5, 0.6) is 0 Å². The molecule has 0 atom stereocenters. The van der Waals surface area contributed by atoms with Gasteiger partial charge in [0.2, 0.25) is 0 Å². The van der Waals surface area contributed by atoms with E-state index in [-0.39, 0.29) is 11.6 Å². The van der Waals surface area contributed by atoms with Gasteiger partial charge >= 0.3 is 6.09 Å². The van der Waals surface area contributed by atoms with Gasteiger partial charge in [0.1, 0.15) is 0 Å². The van der Waals surface area contributed by atoms with Crippen molar-refractivity contribution in [2.45, 2.75) is 31.3 Å². The number of carbonyl (C=O) groups is 1. The average Bonchev–Trinajstić information content (AvgIpc) is 3.09. The topological polar surface area (TPSA) is 55.6 Å². The van der Waals surface area contributed by atoms with Crippen LogP contribution in [0.15, 0.2) is 24.3 Å². The van der Waals surface area contributed by atoms with Crippen molar-refractivity contribution in [3.8, 4) is 0 Å². The van der Waals surface area contributed by atoms with E-state index in [0.717, 1.165) is 30.5 Å². The zero-order valence-corrected chi connectivity index (χ0v) is 9.69. The van der Waals surface area contributed by atoms with E-state index in [9.17, 15) is 4.79 Å². The molecule has 2 aliphatic rings. The Morgan fingerprint density at radius 3 is 2.88 bits per heavy atom. The quantitative estimate of drug-likeness (QED) is 0.848. The molecule has 1 saturated heterocycles. The third-order valence-corrected chi connectivity index (χ3v) is 3.68. The number of ether oxygens (including phenoxy) is 1. The van der Waals surface area contributed by atoms with E-state index >= 15 is 0 Å². The van der Waals surface area contributed by atoms with Crippen LogP contribution in [-0.2, 0) is 11.3 Å². The fourth-order valence-electron chi connectivity index (χ4n) is 2.52. The minimum atomic E-state index is -0.220. The molecular formula is C13H16N2O2. The van der Waals surface area contributed by atoms with Crippen molar-refractivity contribution in [1.82, 2.24) is 0 Å². The Morgan fingerprint density at radius 1 is 1.35 bits per heavy atom. The van der Waals surface area contributed by atoms with Gasteiger partial charge in [0.15, 0.2) is 0 Å². The normalized spacial score (nSPS) is 21.5. The summed E-state index contributed by atoms with van der Waals surface area (Å²) in [7, 11) is 0. The number of amides is 1. The molecule has 0 unspecified atom stereocenters. The Morgan fingerprint density at radius 2 is 2.18 bits per heavy atom. The van der Waals surface area contributed by atoms with Crippen molar-refractivity contribution in [3.05, 3.63) is 29.8 Å². The van der Waals surface area contributed by atoms with E-state index in [1.54, 1.807) is 0 Å². The first-order valence-corrected chi connectivity index (χ1v) is 6.01. The number of anilines is 1. The Kier molecular flexibility index (Phi) is 2.33. The van der Waals surface area contributed by atoms with Gasteiger partial charge in [0.25, 0.3) is 0 Å². The lowest BCUT2D eigenvalue weighted by atomic mass is 10.1. The molecule has 2 fully saturated rings. The lowest BCUT2D eigenvalue weighted by Gasteiger charge is -2.35. The van der Waals surface area contributed by atoms with E-state index < -0.39 is 0 Å². The molecule has 0 bridgehead atoms. The Hall–Kier alpha value is -1.55. The molecule has 1 saturated carbocycles. The first kappa shape index (κ1) is 10.6. The van der Waals surface area contributed by atoms with Gasteiger partial charge in [-0.05, 0) is 30.5 Å². The van der Waals surface area contributed by atoms with Gasteiger partial charge in [-0.1, -0.05) is 12.1 Å². The molecule has 0 aromatic heterocycles. The summed E-state index contributed by atoms with van der Waals surface area (Å²) in [6, 6.07) is 7.84. The summed E-state index contributed by atoms with van der Waals surface area (Å²) in [6.07, 6.45) is 2.87. The van der Waals surface area contributed by atoms with Gasteiger partial charge in [-0.2, -0.15) is 0 Å². The number of nitrogens with two attached hydrogens (primary N) is 1. The molecule has 1 heterocycles. The number of benzene rings is 1. The second-order valence-corrected chi connectivity index (χ2v) is 4.80. The second-order valence-electron chi connectivity index (χ2n) is 4.80. The van der Waals surface area contributed by atoms with Crippen molar-refractivity contribution in [3.63, 3.8) is 0 Å². The summed E-state index contributed by atoms with van der Waals surface area (Å²) in [4.78, 5) is 13.7. The number of nitrogens with zero attached hydrogens (tertiary/aromatic N) is 1. The van der Waals surface area contributed by atoms with Crippen LogP contribution in [-0.4, -0.2) is 18.2 Å². The molecule has 1 amide bonds. The molecule has 1 aliphatic carbocycles. The van der Waals surface area contributed by atoms with E-state index in [4.69, 9.17) is 10.5 Å². The molecule has 1 aromatic carbocycles. The molecule has 1 aliphatic heterocycles. The first-order chi connectivity index (χ1) is 8.25. The van der Waals surface area contributed by atoms with Crippen LogP contribution in [0.4, 0.5) is 10.5 Å². The number of hydrogen-bond donors (Lipinski definition) is 1. The summed E-state index contributed by atoms with van der Waals surface area (Å²) < 4.78 is 5.15. The van der Waals surface area contributed by atoms with Gasteiger partial charge in [0.05, 0.1) is 12.1 Å². The Balaban J connectivity index is 1.97. The van der Waals surface area contributed by atoms with Crippen LogP contribution in [0.1, 0.15) is 24.8 Å². The SMILES string of the molecule is NCc1cccc(N2C(=O)OCCC23CC3)c1. The van der Waals surface area contributed by atoms with E-state index in [1.807, 2.05) is 29.2 Å². The number of hydrogen-bond acceptors (Lipinski definition) is 3. The molecule has 90 valence electrons. The standard InChI is InChI=1S/C13H16N2O2/c14-9-10-2-1-3-11(8-10)15-12(16)17-7-6-13(15)4-5-13/h1-3,8H,4-7,9,14H2. The van der Waals surface area contributed by atoms with E-state index in [2.05, 4.69) is 0 Å². The van der Waals surface area contributed by atoms with Gasteiger partial charge in [-0.3, -0.25) is 4.90 Å². The molecular weight excluding hydrogens is 216 g/mol. The van der Waals surface area contributed by atoms with Crippen molar-refractivity contribution >= 4 is 11.8 Å². The molecule has 4 nitrogen and oxygen atoms in total. The maximum atomic E-state index is 11.9. The molecule has 1 aromatic rings. The van der Waals surface area contributed by atoms with Crippen LogP contribution in [0.2, 0.25) is 0 Å². The summed E-state index contributed by atoms with van der Waals surface area (Å²) in [5.74, 6) is 0. The number of cyclic esters (lactones) is 1. The highest BCUT2D eigenvalue weighted by Gasteiger charge is 2.53. The van der Waals surface area contributed by atoms with Gasteiger partial charge < -0.3 is 10.5 Å². The van der Waals surface area contributed by atoms with Crippen LogP contribution in [0.25, 0.3) is 0 Å². The predicted molar refractivity (Wildman–Crippen MR) is 64.7 cm³/mol. The molecule has 17 heavy (non-hydrogen) atoms. The van der Waals surface area contributed by atoms with Crippen molar-refractivity contribution in [1.29, 1.82) is 0 Å². The Bertz CT molecular complexity index is 454. The van der Waals surface area contributed by atoms with Crippen molar-refractivity contribution in [2.75, 3.05) is 11.5 Å². The maximum Gasteiger partial charge on any atom is 0.414 e. The van der Waals surface area contributed by atoms with Gasteiger partial charge in [-0.15, -0.1) is 0 Å². The minimum Gasteiger partial charge on any atom is -0.449 e. The second kappa shape index (κ2) is 3.74. The van der Waals surface area contributed by atoms with Gasteiger partial charge in [-0.25, -0.2) is 4.79 Å². The summed E-state index contributed by atoms with van der Waals surface area (Å²) >= 11 is 0.